The molecule has 0 atom stereocenters. The summed E-state index contributed by atoms with van der Waals surface area (Å²) < 4.78 is 6.08. The number of rotatable bonds is 4. The van der Waals surface area contributed by atoms with Gasteiger partial charge in [0.05, 0.1) is 11.6 Å². The third-order valence-corrected chi connectivity index (χ3v) is 4.38. The van der Waals surface area contributed by atoms with Gasteiger partial charge in [0.2, 0.25) is 0 Å². The Labute approximate surface area is 146 Å². The monoisotopic (exact) mass is 388 g/mol. The predicted octanol–water partition coefficient (Wildman–Crippen LogP) is -0.0375. The zero-order valence-corrected chi connectivity index (χ0v) is 14.5. The number of ether oxygens (including phenoxy) is 1. The van der Waals surface area contributed by atoms with Crippen LogP contribution in [0, 0.1) is 0 Å². The van der Waals surface area contributed by atoms with E-state index in [1.807, 2.05) is 12.1 Å². The predicted molar refractivity (Wildman–Crippen MR) is 94.9 cm³/mol. The van der Waals surface area contributed by atoms with Crippen LogP contribution >= 0.6 is 15.9 Å². The van der Waals surface area contributed by atoms with Crippen LogP contribution in [-0.2, 0) is 4.79 Å². The van der Waals surface area contributed by atoms with Gasteiger partial charge in [-0.3, -0.25) is 9.59 Å². The molecular formula is C17H15BrN3O3. The maximum Gasteiger partial charge on any atom is 0.270 e. The molecule has 0 fully saturated rings. The quantitative estimate of drug-likeness (QED) is 0.768. The van der Waals surface area contributed by atoms with Crippen LogP contribution in [-0.4, -0.2) is 32.0 Å². The lowest BCUT2D eigenvalue weighted by atomic mass is 9.98. The first-order valence-corrected chi connectivity index (χ1v) is 8.09. The van der Waals surface area contributed by atoms with Crippen LogP contribution in [0.25, 0.3) is 23.0 Å². The third-order valence-electron chi connectivity index (χ3n) is 3.76. The van der Waals surface area contributed by atoms with Crippen molar-refractivity contribution in [2.75, 3.05) is 20.2 Å². The Bertz CT molecular complexity index is 969. The molecule has 0 aliphatic carbocycles. The van der Waals surface area contributed by atoms with Gasteiger partial charge in [0.1, 0.15) is 5.75 Å². The minimum atomic E-state index is -0.348. The number of nitrogens with one attached hydrogen (secondary N) is 1. The Morgan fingerprint density at radius 2 is 2.12 bits per heavy atom. The number of carbonyl (C=O) groups is 2. The SMILES string of the molecule is COc1cc2c3c(cc(C(=O)NCCN)c2cc1Br)=CC(=O)[N]C=3. The van der Waals surface area contributed by atoms with E-state index in [2.05, 4.69) is 26.6 Å². The van der Waals surface area contributed by atoms with Crippen molar-refractivity contribution in [3.63, 3.8) is 0 Å². The van der Waals surface area contributed by atoms with E-state index in [0.29, 0.717) is 29.6 Å². The number of benzene rings is 2. The van der Waals surface area contributed by atoms with Gasteiger partial charge in [0.25, 0.3) is 11.8 Å². The fourth-order valence-corrected chi connectivity index (χ4v) is 3.16. The van der Waals surface area contributed by atoms with Crippen molar-refractivity contribution < 1.29 is 14.3 Å². The molecule has 1 heterocycles. The van der Waals surface area contributed by atoms with E-state index in [1.54, 1.807) is 13.2 Å². The summed E-state index contributed by atoms with van der Waals surface area (Å²) in [6.07, 6.45) is 2.94. The van der Waals surface area contributed by atoms with E-state index in [0.717, 1.165) is 20.5 Å². The Morgan fingerprint density at radius 1 is 1.33 bits per heavy atom. The molecule has 24 heavy (non-hydrogen) atoms. The summed E-state index contributed by atoms with van der Waals surface area (Å²) in [5.74, 6) is 0.0439. The van der Waals surface area contributed by atoms with Gasteiger partial charge in [-0.2, -0.15) is 0 Å². The van der Waals surface area contributed by atoms with Crippen LogP contribution in [0.5, 0.6) is 5.75 Å². The molecule has 0 saturated heterocycles. The molecule has 0 aromatic heterocycles. The summed E-state index contributed by atoms with van der Waals surface area (Å²) in [4.78, 5) is 24.1. The lowest BCUT2D eigenvalue weighted by molar-refractivity contribution is -0.114. The standard InChI is InChI=1S/C17H15BrN3O3/c1-24-15-7-11-10(6-14(15)18)12(17(23)20-3-2-19)4-9-5-16(22)21-8-13(9)11/h4-8H,2-3,19H2,1H3,(H,20,23). The summed E-state index contributed by atoms with van der Waals surface area (Å²) in [6.45, 7) is 0.724. The normalized spacial score (nSPS) is 12.7. The van der Waals surface area contributed by atoms with Crippen molar-refractivity contribution >= 4 is 50.8 Å². The van der Waals surface area contributed by atoms with Gasteiger partial charge in [0.15, 0.2) is 0 Å². The van der Waals surface area contributed by atoms with E-state index >= 15 is 0 Å². The number of methoxy groups -OCH3 is 1. The second-order valence-corrected chi connectivity index (χ2v) is 6.10. The molecule has 2 aromatic rings. The van der Waals surface area contributed by atoms with Crippen LogP contribution in [0.1, 0.15) is 10.4 Å². The molecule has 1 aliphatic heterocycles. The number of nitrogens with zero attached hydrogens (tertiary/aromatic N) is 1. The molecule has 2 amide bonds. The maximum atomic E-state index is 12.5. The van der Waals surface area contributed by atoms with Gasteiger partial charge in [0, 0.05) is 36.1 Å². The summed E-state index contributed by atoms with van der Waals surface area (Å²) in [5, 5.41) is 9.57. The Morgan fingerprint density at radius 3 is 2.83 bits per heavy atom. The molecule has 3 N–H and O–H groups in total. The van der Waals surface area contributed by atoms with E-state index in [9.17, 15) is 9.59 Å². The largest absolute Gasteiger partial charge is 0.496 e. The smallest absolute Gasteiger partial charge is 0.270 e. The fourth-order valence-electron chi connectivity index (χ4n) is 2.65. The molecule has 0 bridgehead atoms. The molecule has 0 unspecified atom stereocenters. The van der Waals surface area contributed by atoms with Crippen LogP contribution in [0.4, 0.5) is 0 Å². The molecular weight excluding hydrogens is 374 g/mol. The number of hydrogen-bond donors (Lipinski definition) is 2. The van der Waals surface area contributed by atoms with Crippen LogP contribution in [0.3, 0.4) is 0 Å². The maximum absolute atomic E-state index is 12.5. The fraction of sp³-hybridized carbons (Fsp3) is 0.176. The summed E-state index contributed by atoms with van der Waals surface area (Å²) in [5.41, 5.74) is 5.92. The highest BCUT2D eigenvalue weighted by molar-refractivity contribution is 9.10. The number of halogens is 1. The molecule has 3 rings (SSSR count). The van der Waals surface area contributed by atoms with E-state index in [4.69, 9.17) is 10.5 Å². The molecule has 6 nitrogen and oxygen atoms in total. The topological polar surface area (TPSA) is 95.5 Å². The van der Waals surface area contributed by atoms with Crippen molar-refractivity contribution in [1.82, 2.24) is 10.6 Å². The first-order chi connectivity index (χ1) is 11.5. The molecule has 1 radical (unpaired) electrons. The summed E-state index contributed by atoms with van der Waals surface area (Å²) in [6, 6.07) is 5.36. The second-order valence-electron chi connectivity index (χ2n) is 5.24. The summed E-state index contributed by atoms with van der Waals surface area (Å²) >= 11 is 3.45. The van der Waals surface area contributed by atoms with Crippen molar-refractivity contribution in [1.29, 1.82) is 0 Å². The van der Waals surface area contributed by atoms with Gasteiger partial charge in [-0.25, -0.2) is 5.32 Å². The molecule has 0 saturated carbocycles. The van der Waals surface area contributed by atoms with Gasteiger partial charge < -0.3 is 15.8 Å². The highest BCUT2D eigenvalue weighted by Gasteiger charge is 2.16. The van der Waals surface area contributed by atoms with Crippen molar-refractivity contribution in [2.45, 2.75) is 0 Å². The molecule has 0 spiro atoms. The minimum Gasteiger partial charge on any atom is -0.496 e. The molecule has 7 heteroatoms. The van der Waals surface area contributed by atoms with E-state index in [-0.39, 0.29) is 11.8 Å². The van der Waals surface area contributed by atoms with E-state index in [1.165, 1.54) is 12.3 Å². The van der Waals surface area contributed by atoms with Gasteiger partial charge in [-0.05, 0) is 50.1 Å². The molecule has 123 valence electrons. The first-order valence-electron chi connectivity index (χ1n) is 7.30. The van der Waals surface area contributed by atoms with Crippen LogP contribution in [0.15, 0.2) is 22.7 Å². The highest BCUT2D eigenvalue weighted by Crippen LogP contribution is 2.30. The Kier molecular flexibility index (Phi) is 4.55. The van der Waals surface area contributed by atoms with Crippen molar-refractivity contribution in [3.05, 3.63) is 38.7 Å². The lowest BCUT2D eigenvalue weighted by Gasteiger charge is -2.13. The number of amides is 2. The van der Waals surface area contributed by atoms with Gasteiger partial charge >= 0.3 is 0 Å². The average Bonchev–Trinajstić information content (AvgIpc) is 2.58. The highest BCUT2D eigenvalue weighted by atomic mass is 79.9. The van der Waals surface area contributed by atoms with Crippen molar-refractivity contribution in [3.8, 4) is 5.75 Å². The number of fused-ring (bicyclic) bond motifs is 3. The minimum absolute atomic E-state index is 0.242. The van der Waals surface area contributed by atoms with Gasteiger partial charge in [-0.15, -0.1) is 0 Å². The molecule has 1 aliphatic rings. The second kappa shape index (κ2) is 6.62. The zero-order chi connectivity index (χ0) is 17.3. The van der Waals surface area contributed by atoms with Crippen LogP contribution < -0.4 is 31.5 Å². The first kappa shape index (κ1) is 16.5. The van der Waals surface area contributed by atoms with E-state index < -0.39 is 0 Å². The average molecular weight is 389 g/mol. The van der Waals surface area contributed by atoms with Crippen molar-refractivity contribution in [2.24, 2.45) is 5.73 Å². The van der Waals surface area contributed by atoms with Crippen LogP contribution in [0.2, 0.25) is 0 Å². The third kappa shape index (κ3) is 2.88. The Balaban J connectivity index is 2.36. The number of hydrogen-bond acceptors (Lipinski definition) is 4. The number of nitrogens with two attached hydrogens (primary N) is 1. The summed E-state index contributed by atoms with van der Waals surface area (Å²) in [7, 11) is 1.57. The lowest BCUT2D eigenvalue weighted by Crippen LogP contribution is -2.36. The van der Waals surface area contributed by atoms with Gasteiger partial charge in [-0.1, -0.05) is 0 Å². The number of carbonyl (C=O) groups excluding carboxylic acids is 2. The molecule has 2 aromatic carbocycles. The Hall–Kier alpha value is -2.38. The zero-order valence-electron chi connectivity index (χ0n) is 12.9.